The molecule has 0 aromatic carbocycles. The van der Waals surface area contributed by atoms with Crippen LogP contribution in [0.25, 0.3) is 0 Å². The van der Waals surface area contributed by atoms with Gasteiger partial charge in [0.25, 0.3) is 0 Å². The Morgan fingerprint density at radius 2 is 2.29 bits per heavy atom. The Labute approximate surface area is 89.0 Å². The van der Waals surface area contributed by atoms with Gasteiger partial charge in [-0.05, 0) is 31.4 Å². The van der Waals surface area contributed by atoms with Gasteiger partial charge < -0.3 is 9.30 Å². The molecule has 0 saturated carbocycles. The van der Waals surface area contributed by atoms with E-state index in [4.69, 9.17) is 16.3 Å². The summed E-state index contributed by atoms with van der Waals surface area (Å²) in [5, 5.41) is 0.606. The van der Waals surface area contributed by atoms with Crippen molar-refractivity contribution in [2.24, 2.45) is 0 Å². The Hall–Kier alpha value is -0.540. The number of hydrogen-bond acceptors (Lipinski definition) is 2. The van der Waals surface area contributed by atoms with E-state index in [2.05, 4.69) is 16.5 Å². The van der Waals surface area contributed by atoms with Crippen LogP contribution < -0.4 is 0 Å². The van der Waals surface area contributed by atoms with Crippen LogP contribution in [-0.2, 0) is 11.3 Å². The van der Waals surface area contributed by atoms with Gasteiger partial charge in [-0.2, -0.15) is 0 Å². The Kier molecular flexibility index (Phi) is 3.08. The third kappa shape index (κ3) is 1.79. The number of aromatic nitrogens is 2. The average molecular weight is 215 g/mol. The van der Waals surface area contributed by atoms with Crippen LogP contribution in [0.5, 0.6) is 0 Å². The first kappa shape index (κ1) is 9.99. The predicted octanol–water partition coefficient (Wildman–Crippen LogP) is 2.45. The molecule has 1 aliphatic heterocycles. The maximum Gasteiger partial charge on any atom is 0.202 e. The minimum Gasteiger partial charge on any atom is -0.381 e. The van der Waals surface area contributed by atoms with Gasteiger partial charge in [-0.3, -0.25) is 0 Å². The second-order valence-corrected chi connectivity index (χ2v) is 3.92. The van der Waals surface area contributed by atoms with Crippen molar-refractivity contribution >= 4 is 11.6 Å². The summed E-state index contributed by atoms with van der Waals surface area (Å²) in [6, 6.07) is 0. The Balaban J connectivity index is 2.21. The van der Waals surface area contributed by atoms with Crippen molar-refractivity contribution in [2.75, 3.05) is 13.2 Å². The van der Waals surface area contributed by atoms with E-state index in [0.29, 0.717) is 11.2 Å². The fourth-order valence-electron chi connectivity index (χ4n) is 2.00. The van der Waals surface area contributed by atoms with E-state index in [0.717, 1.165) is 32.6 Å². The van der Waals surface area contributed by atoms with Crippen molar-refractivity contribution in [3.05, 3.63) is 17.2 Å². The summed E-state index contributed by atoms with van der Waals surface area (Å²) in [5.74, 6) is 0.573. The van der Waals surface area contributed by atoms with Crippen LogP contribution in [0.4, 0.5) is 0 Å². The van der Waals surface area contributed by atoms with Crippen LogP contribution in [0.2, 0.25) is 5.28 Å². The van der Waals surface area contributed by atoms with E-state index in [-0.39, 0.29) is 0 Å². The summed E-state index contributed by atoms with van der Waals surface area (Å²) in [6.45, 7) is 4.70. The molecule has 0 N–H and O–H groups in total. The van der Waals surface area contributed by atoms with E-state index in [1.807, 2.05) is 6.20 Å². The first-order valence-electron chi connectivity index (χ1n) is 5.11. The van der Waals surface area contributed by atoms with Crippen LogP contribution in [0, 0.1) is 0 Å². The normalized spacial score (nSPS) is 18.7. The lowest BCUT2D eigenvalue weighted by Crippen LogP contribution is -2.17. The SMILES string of the molecule is CCn1c(C2CCOCC2)cnc1Cl. The van der Waals surface area contributed by atoms with Gasteiger partial charge in [0.2, 0.25) is 5.28 Å². The fourth-order valence-corrected chi connectivity index (χ4v) is 2.26. The van der Waals surface area contributed by atoms with Gasteiger partial charge in [0.15, 0.2) is 0 Å². The molecule has 1 saturated heterocycles. The first-order chi connectivity index (χ1) is 6.83. The highest BCUT2D eigenvalue weighted by atomic mass is 35.5. The van der Waals surface area contributed by atoms with Gasteiger partial charge in [-0.25, -0.2) is 4.98 Å². The third-order valence-electron chi connectivity index (χ3n) is 2.79. The minimum absolute atomic E-state index is 0.573. The number of imidazole rings is 1. The lowest BCUT2D eigenvalue weighted by Gasteiger charge is -2.22. The number of rotatable bonds is 2. The van der Waals surface area contributed by atoms with Crippen molar-refractivity contribution in [1.82, 2.24) is 9.55 Å². The molecule has 4 heteroatoms. The molecule has 0 radical (unpaired) electrons. The van der Waals surface area contributed by atoms with Gasteiger partial charge in [0, 0.05) is 31.4 Å². The first-order valence-corrected chi connectivity index (χ1v) is 5.49. The number of ether oxygens (including phenoxy) is 1. The standard InChI is InChI=1S/C10H15ClN2O/c1-2-13-9(7-12-10(13)11)8-3-5-14-6-4-8/h7-8H,2-6H2,1H3. The molecule has 0 spiro atoms. The maximum absolute atomic E-state index is 5.98. The predicted molar refractivity (Wildman–Crippen MR) is 55.7 cm³/mol. The van der Waals surface area contributed by atoms with Crippen LogP contribution in [-0.4, -0.2) is 22.8 Å². The monoisotopic (exact) mass is 214 g/mol. The molecule has 0 unspecified atom stereocenters. The molecule has 78 valence electrons. The van der Waals surface area contributed by atoms with Crippen molar-refractivity contribution in [1.29, 1.82) is 0 Å². The topological polar surface area (TPSA) is 27.1 Å². The third-order valence-corrected chi connectivity index (χ3v) is 3.10. The molecular formula is C10H15ClN2O. The molecule has 2 rings (SSSR count). The maximum atomic E-state index is 5.98. The number of nitrogens with zero attached hydrogens (tertiary/aromatic N) is 2. The van der Waals surface area contributed by atoms with Crippen LogP contribution in [0.1, 0.15) is 31.4 Å². The Morgan fingerprint density at radius 3 is 2.93 bits per heavy atom. The average Bonchev–Trinajstić information content (AvgIpc) is 2.61. The molecule has 0 atom stereocenters. The van der Waals surface area contributed by atoms with Gasteiger partial charge >= 0.3 is 0 Å². The molecule has 1 aliphatic rings. The minimum atomic E-state index is 0.573. The van der Waals surface area contributed by atoms with Crippen molar-refractivity contribution in [2.45, 2.75) is 32.2 Å². The van der Waals surface area contributed by atoms with Crippen molar-refractivity contribution in [3.8, 4) is 0 Å². The summed E-state index contributed by atoms with van der Waals surface area (Å²) in [6.07, 6.45) is 4.08. The molecule has 0 amide bonds. The molecule has 0 bridgehead atoms. The zero-order valence-corrected chi connectivity index (χ0v) is 9.13. The van der Waals surface area contributed by atoms with E-state index in [1.54, 1.807) is 0 Å². The van der Waals surface area contributed by atoms with Crippen molar-refractivity contribution < 1.29 is 4.74 Å². The molecule has 1 aromatic heterocycles. The number of halogens is 1. The second kappa shape index (κ2) is 4.32. The highest BCUT2D eigenvalue weighted by Crippen LogP contribution is 2.28. The molecule has 2 heterocycles. The molecule has 3 nitrogen and oxygen atoms in total. The summed E-state index contributed by atoms with van der Waals surface area (Å²) >= 11 is 5.98. The van der Waals surface area contributed by atoms with E-state index < -0.39 is 0 Å². The van der Waals surface area contributed by atoms with Gasteiger partial charge in [0.1, 0.15) is 0 Å². The van der Waals surface area contributed by atoms with Crippen LogP contribution in [0.15, 0.2) is 6.20 Å². The highest BCUT2D eigenvalue weighted by Gasteiger charge is 2.20. The van der Waals surface area contributed by atoms with E-state index >= 15 is 0 Å². The van der Waals surface area contributed by atoms with Crippen LogP contribution >= 0.6 is 11.6 Å². The van der Waals surface area contributed by atoms with Crippen molar-refractivity contribution in [3.63, 3.8) is 0 Å². The van der Waals surface area contributed by atoms with Gasteiger partial charge in [0.05, 0.1) is 6.20 Å². The highest BCUT2D eigenvalue weighted by molar-refractivity contribution is 6.28. The molecule has 1 aromatic rings. The molecule has 1 fully saturated rings. The van der Waals surface area contributed by atoms with E-state index in [9.17, 15) is 0 Å². The largest absolute Gasteiger partial charge is 0.381 e. The smallest absolute Gasteiger partial charge is 0.202 e. The summed E-state index contributed by atoms with van der Waals surface area (Å²) in [4.78, 5) is 4.15. The summed E-state index contributed by atoms with van der Waals surface area (Å²) in [5.41, 5.74) is 1.26. The zero-order chi connectivity index (χ0) is 9.97. The molecule has 14 heavy (non-hydrogen) atoms. The van der Waals surface area contributed by atoms with E-state index in [1.165, 1.54) is 5.69 Å². The molecular weight excluding hydrogens is 200 g/mol. The quantitative estimate of drug-likeness (QED) is 0.756. The van der Waals surface area contributed by atoms with Gasteiger partial charge in [-0.15, -0.1) is 0 Å². The Morgan fingerprint density at radius 1 is 1.57 bits per heavy atom. The van der Waals surface area contributed by atoms with Crippen LogP contribution in [0.3, 0.4) is 0 Å². The lowest BCUT2D eigenvalue weighted by atomic mass is 9.97. The number of hydrogen-bond donors (Lipinski definition) is 0. The Bertz CT molecular complexity index is 305. The van der Waals surface area contributed by atoms with Gasteiger partial charge in [-0.1, -0.05) is 0 Å². The fraction of sp³-hybridized carbons (Fsp3) is 0.700. The summed E-state index contributed by atoms with van der Waals surface area (Å²) < 4.78 is 7.42. The second-order valence-electron chi connectivity index (χ2n) is 3.58. The molecule has 0 aliphatic carbocycles. The zero-order valence-electron chi connectivity index (χ0n) is 8.37. The lowest BCUT2D eigenvalue weighted by molar-refractivity contribution is 0.0838. The summed E-state index contributed by atoms with van der Waals surface area (Å²) in [7, 11) is 0.